The van der Waals surface area contributed by atoms with Crippen LogP contribution in [0.4, 0.5) is 0 Å². The first kappa shape index (κ1) is 15.5. The molecule has 0 aliphatic carbocycles. The van der Waals surface area contributed by atoms with Crippen LogP contribution < -0.4 is 10.1 Å². The molecule has 0 atom stereocenters. The Morgan fingerprint density at radius 3 is 2.63 bits per heavy atom. The van der Waals surface area contributed by atoms with E-state index >= 15 is 0 Å². The average Bonchev–Trinajstić information content (AvgIpc) is 2.41. The Morgan fingerprint density at radius 1 is 1.11 bits per heavy atom. The highest BCUT2D eigenvalue weighted by molar-refractivity contribution is 5.85. The predicted molar refractivity (Wildman–Crippen MR) is 79.6 cm³/mol. The number of benzene rings is 1. The average molecular weight is 279 g/mol. The smallest absolute Gasteiger partial charge is 0.119 e. The van der Waals surface area contributed by atoms with Crippen LogP contribution in [0.3, 0.4) is 0 Å². The number of halogens is 1. The molecule has 0 bridgehead atoms. The van der Waals surface area contributed by atoms with Gasteiger partial charge in [0.15, 0.2) is 0 Å². The van der Waals surface area contributed by atoms with Gasteiger partial charge in [0, 0.05) is 25.5 Å². The van der Waals surface area contributed by atoms with Crippen molar-refractivity contribution in [2.75, 3.05) is 6.61 Å². The van der Waals surface area contributed by atoms with Crippen LogP contribution in [-0.2, 0) is 13.1 Å². The molecule has 3 nitrogen and oxygen atoms in total. The first-order valence-corrected chi connectivity index (χ1v) is 6.20. The number of nitrogens with zero attached hydrogens (tertiary/aromatic N) is 1. The van der Waals surface area contributed by atoms with Crippen molar-refractivity contribution in [1.29, 1.82) is 0 Å². The van der Waals surface area contributed by atoms with Crippen LogP contribution in [-0.4, -0.2) is 11.6 Å². The highest BCUT2D eigenvalue weighted by Gasteiger charge is 1.97. The fourth-order valence-electron chi connectivity index (χ4n) is 1.77. The maximum Gasteiger partial charge on any atom is 0.119 e. The van der Waals surface area contributed by atoms with Crippen molar-refractivity contribution >= 4 is 12.4 Å². The minimum atomic E-state index is 0. The summed E-state index contributed by atoms with van der Waals surface area (Å²) in [4.78, 5) is 4.09. The predicted octanol–water partition coefficient (Wildman–Crippen LogP) is 3.19. The van der Waals surface area contributed by atoms with Crippen molar-refractivity contribution in [3.63, 3.8) is 0 Å². The molecule has 1 aromatic heterocycles. The molecular formula is C15H19ClN2O. The fourth-order valence-corrected chi connectivity index (χ4v) is 1.77. The van der Waals surface area contributed by atoms with E-state index in [1.165, 1.54) is 11.1 Å². The SMILES string of the molecule is CCOc1cccc(CNCc2cccnc2)c1.Cl. The van der Waals surface area contributed by atoms with Crippen molar-refractivity contribution in [2.45, 2.75) is 20.0 Å². The third-order valence-electron chi connectivity index (χ3n) is 2.59. The summed E-state index contributed by atoms with van der Waals surface area (Å²) in [5.41, 5.74) is 2.42. The van der Waals surface area contributed by atoms with Crippen LogP contribution in [0.2, 0.25) is 0 Å². The van der Waals surface area contributed by atoms with Crippen LogP contribution in [0.5, 0.6) is 5.75 Å². The molecule has 2 aromatic rings. The summed E-state index contributed by atoms with van der Waals surface area (Å²) in [6, 6.07) is 12.2. The van der Waals surface area contributed by atoms with Gasteiger partial charge in [-0.05, 0) is 36.2 Å². The molecule has 0 unspecified atom stereocenters. The van der Waals surface area contributed by atoms with Crippen LogP contribution in [0.15, 0.2) is 48.8 Å². The third kappa shape index (κ3) is 5.28. The summed E-state index contributed by atoms with van der Waals surface area (Å²) in [6.07, 6.45) is 3.67. The molecular weight excluding hydrogens is 260 g/mol. The quantitative estimate of drug-likeness (QED) is 0.881. The second-order valence-corrected chi connectivity index (χ2v) is 4.05. The zero-order valence-corrected chi connectivity index (χ0v) is 11.8. The standard InChI is InChI=1S/C15H18N2O.ClH/c1-2-18-15-7-3-5-13(9-15)10-17-12-14-6-4-8-16-11-14;/h3-9,11,17H,2,10,12H2,1H3;1H. The maximum atomic E-state index is 5.47. The Morgan fingerprint density at radius 2 is 1.89 bits per heavy atom. The van der Waals surface area contributed by atoms with Gasteiger partial charge in [0.25, 0.3) is 0 Å². The topological polar surface area (TPSA) is 34.1 Å². The molecule has 0 aliphatic rings. The van der Waals surface area contributed by atoms with E-state index in [-0.39, 0.29) is 12.4 Å². The molecule has 19 heavy (non-hydrogen) atoms. The van der Waals surface area contributed by atoms with Gasteiger partial charge in [-0.3, -0.25) is 4.98 Å². The van der Waals surface area contributed by atoms with Gasteiger partial charge in [-0.25, -0.2) is 0 Å². The zero-order valence-electron chi connectivity index (χ0n) is 11.0. The molecule has 102 valence electrons. The summed E-state index contributed by atoms with van der Waals surface area (Å²) in [7, 11) is 0. The highest BCUT2D eigenvalue weighted by atomic mass is 35.5. The van der Waals surface area contributed by atoms with E-state index in [0.29, 0.717) is 6.61 Å². The highest BCUT2D eigenvalue weighted by Crippen LogP contribution is 2.13. The van der Waals surface area contributed by atoms with Gasteiger partial charge in [0.05, 0.1) is 6.61 Å². The van der Waals surface area contributed by atoms with Crippen LogP contribution in [0.25, 0.3) is 0 Å². The van der Waals surface area contributed by atoms with Crippen molar-refractivity contribution < 1.29 is 4.74 Å². The minimum Gasteiger partial charge on any atom is -0.494 e. The number of ether oxygens (including phenoxy) is 1. The largest absolute Gasteiger partial charge is 0.494 e. The van der Waals surface area contributed by atoms with E-state index < -0.39 is 0 Å². The molecule has 1 aromatic carbocycles. The van der Waals surface area contributed by atoms with E-state index in [9.17, 15) is 0 Å². The van der Waals surface area contributed by atoms with Crippen molar-refractivity contribution in [2.24, 2.45) is 0 Å². The van der Waals surface area contributed by atoms with Gasteiger partial charge < -0.3 is 10.1 Å². The number of hydrogen-bond acceptors (Lipinski definition) is 3. The molecule has 1 heterocycles. The van der Waals surface area contributed by atoms with E-state index in [4.69, 9.17) is 4.74 Å². The normalized spacial score (nSPS) is 9.74. The van der Waals surface area contributed by atoms with E-state index in [0.717, 1.165) is 18.8 Å². The summed E-state index contributed by atoms with van der Waals surface area (Å²) < 4.78 is 5.47. The van der Waals surface area contributed by atoms with Gasteiger partial charge in [-0.1, -0.05) is 18.2 Å². The second kappa shape index (κ2) is 8.51. The summed E-state index contributed by atoms with van der Waals surface area (Å²) in [6.45, 7) is 4.35. The molecule has 4 heteroatoms. The molecule has 0 radical (unpaired) electrons. The number of pyridine rings is 1. The van der Waals surface area contributed by atoms with E-state index in [2.05, 4.69) is 28.5 Å². The Labute approximate surface area is 120 Å². The monoisotopic (exact) mass is 278 g/mol. The summed E-state index contributed by atoms with van der Waals surface area (Å²) in [5, 5.41) is 3.39. The van der Waals surface area contributed by atoms with Gasteiger partial charge >= 0.3 is 0 Å². The van der Waals surface area contributed by atoms with Crippen LogP contribution in [0, 0.1) is 0 Å². The first-order chi connectivity index (χ1) is 8.88. The van der Waals surface area contributed by atoms with Crippen LogP contribution in [0.1, 0.15) is 18.1 Å². The molecule has 0 saturated carbocycles. The van der Waals surface area contributed by atoms with Gasteiger partial charge in [-0.2, -0.15) is 0 Å². The molecule has 2 rings (SSSR count). The van der Waals surface area contributed by atoms with E-state index in [1.807, 2.05) is 31.3 Å². The lowest BCUT2D eigenvalue weighted by Gasteiger charge is -2.07. The molecule has 0 saturated heterocycles. The summed E-state index contributed by atoms with van der Waals surface area (Å²) in [5.74, 6) is 0.929. The Kier molecular flexibility index (Phi) is 6.93. The lowest BCUT2D eigenvalue weighted by atomic mass is 10.2. The third-order valence-corrected chi connectivity index (χ3v) is 2.59. The molecule has 0 fully saturated rings. The number of aromatic nitrogens is 1. The second-order valence-electron chi connectivity index (χ2n) is 4.05. The molecule has 1 N–H and O–H groups in total. The number of rotatable bonds is 6. The van der Waals surface area contributed by atoms with Gasteiger partial charge in [0.2, 0.25) is 0 Å². The molecule has 0 amide bonds. The van der Waals surface area contributed by atoms with Gasteiger partial charge in [0.1, 0.15) is 5.75 Å². The molecule has 0 spiro atoms. The minimum absolute atomic E-state index is 0. The van der Waals surface area contributed by atoms with Crippen molar-refractivity contribution in [1.82, 2.24) is 10.3 Å². The van der Waals surface area contributed by atoms with Gasteiger partial charge in [-0.15, -0.1) is 12.4 Å². The fraction of sp³-hybridized carbons (Fsp3) is 0.267. The Bertz CT molecular complexity index is 477. The summed E-state index contributed by atoms with van der Waals surface area (Å²) >= 11 is 0. The van der Waals surface area contributed by atoms with E-state index in [1.54, 1.807) is 6.20 Å². The maximum absolute atomic E-state index is 5.47. The number of hydrogen-bond donors (Lipinski definition) is 1. The van der Waals surface area contributed by atoms with Crippen LogP contribution >= 0.6 is 12.4 Å². The van der Waals surface area contributed by atoms with Crippen molar-refractivity contribution in [3.8, 4) is 5.75 Å². The Balaban J connectivity index is 0.00000180. The van der Waals surface area contributed by atoms with Crippen molar-refractivity contribution in [3.05, 3.63) is 59.9 Å². The first-order valence-electron chi connectivity index (χ1n) is 6.20. The Hall–Kier alpha value is -1.58. The lowest BCUT2D eigenvalue weighted by Crippen LogP contribution is -2.12. The number of nitrogens with one attached hydrogen (secondary N) is 1. The zero-order chi connectivity index (χ0) is 12.6. The molecule has 0 aliphatic heterocycles. The lowest BCUT2D eigenvalue weighted by molar-refractivity contribution is 0.340.